The maximum atomic E-state index is 9.22. The zero-order chi connectivity index (χ0) is 13.7. The summed E-state index contributed by atoms with van der Waals surface area (Å²) in [7, 11) is 0. The van der Waals surface area contributed by atoms with Crippen molar-refractivity contribution < 1.29 is 9.52 Å². The van der Waals surface area contributed by atoms with Gasteiger partial charge in [-0.15, -0.1) is 0 Å². The lowest BCUT2D eigenvalue weighted by atomic mass is 10.1. The number of nitrogens with one attached hydrogen (secondary N) is 1. The number of aromatic hydroxyl groups is 1. The fourth-order valence-corrected chi connectivity index (χ4v) is 1.89. The highest BCUT2D eigenvalue weighted by molar-refractivity contribution is 5.25. The molecule has 0 spiro atoms. The number of phenolic OH excluding ortho intramolecular Hbond substituents is 1. The number of aromatic nitrogens is 1. The number of oxazole rings is 1. The molecule has 0 saturated carbocycles. The van der Waals surface area contributed by atoms with E-state index in [1.54, 1.807) is 18.3 Å². The zero-order valence-electron chi connectivity index (χ0n) is 11.4. The number of nitrogens with zero attached hydrogens (tertiary/aromatic N) is 1. The summed E-state index contributed by atoms with van der Waals surface area (Å²) in [5.74, 6) is 1.89. The van der Waals surface area contributed by atoms with Gasteiger partial charge in [0.1, 0.15) is 11.5 Å². The molecule has 102 valence electrons. The van der Waals surface area contributed by atoms with Gasteiger partial charge >= 0.3 is 0 Å². The molecule has 1 aromatic heterocycles. The van der Waals surface area contributed by atoms with Crippen LogP contribution in [0.15, 0.2) is 34.9 Å². The highest BCUT2D eigenvalue weighted by Gasteiger charge is 2.05. The van der Waals surface area contributed by atoms with E-state index in [-0.39, 0.29) is 0 Å². The molecule has 0 aliphatic rings. The second kappa shape index (κ2) is 6.38. The molecule has 2 aromatic rings. The number of benzene rings is 1. The summed E-state index contributed by atoms with van der Waals surface area (Å²) in [6, 6.07) is 7.76. The molecule has 1 aromatic carbocycles. The van der Waals surface area contributed by atoms with E-state index in [9.17, 15) is 5.11 Å². The van der Waals surface area contributed by atoms with E-state index in [0.717, 1.165) is 24.5 Å². The Hall–Kier alpha value is -1.81. The monoisotopic (exact) mass is 260 g/mol. The topological polar surface area (TPSA) is 58.3 Å². The van der Waals surface area contributed by atoms with E-state index in [1.807, 2.05) is 19.1 Å². The van der Waals surface area contributed by atoms with Crippen molar-refractivity contribution in [1.29, 1.82) is 0 Å². The molecular weight excluding hydrogens is 240 g/mol. The molecule has 0 bridgehead atoms. The average Bonchev–Trinajstić information content (AvgIpc) is 2.81. The first-order valence-corrected chi connectivity index (χ1v) is 6.56. The lowest BCUT2D eigenvalue weighted by Crippen LogP contribution is -2.26. The van der Waals surface area contributed by atoms with Crippen LogP contribution in [0.25, 0.3) is 0 Å². The third-order valence-corrected chi connectivity index (χ3v) is 3.07. The van der Waals surface area contributed by atoms with Gasteiger partial charge in [0.2, 0.25) is 5.89 Å². The summed E-state index contributed by atoms with van der Waals surface area (Å²) >= 11 is 0. The number of hydrogen-bond acceptors (Lipinski definition) is 4. The first-order chi connectivity index (χ1) is 9.13. The van der Waals surface area contributed by atoms with Crippen LogP contribution in [0, 0.1) is 6.92 Å². The quantitative estimate of drug-likeness (QED) is 0.838. The van der Waals surface area contributed by atoms with Crippen LogP contribution < -0.4 is 5.32 Å². The average molecular weight is 260 g/mol. The molecule has 0 fully saturated rings. The van der Waals surface area contributed by atoms with Crippen molar-refractivity contribution in [3.05, 3.63) is 47.7 Å². The lowest BCUT2D eigenvalue weighted by Gasteiger charge is -2.12. The number of aryl methyl sites for hydroxylation is 2. The number of phenols is 1. The Morgan fingerprint density at radius 2 is 2.05 bits per heavy atom. The van der Waals surface area contributed by atoms with Crippen molar-refractivity contribution in [2.75, 3.05) is 0 Å². The fraction of sp³-hybridized carbons (Fsp3) is 0.400. The highest BCUT2D eigenvalue weighted by Crippen LogP contribution is 2.12. The van der Waals surface area contributed by atoms with Gasteiger partial charge in [-0.2, -0.15) is 0 Å². The third kappa shape index (κ3) is 4.41. The molecule has 0 amide bonds. The first-order valence-electron chi connectivity index (χ1n) is 6.56. The molecule has 1 atom stereocenters. The van der Waals surface area contributed by atoms with Gasteiger partial charge in [-0.05, 0) is 44.4 Å². The molecule has 2 rings (SSSR count). The summed E-state index contributed by atoms with van der Waals surface area (Å²) in [5, 5.41) is 12.6. The molecule has 19 heavy (non-hydrogen) atoms. The van der Waals surface area contributed by atoms with Crippen molar-refractivity contribution in [2.24, 2.45) is 0 Å². The molecule has 1 unspecified atom stereocenters. The number of hydrogen-bond donors (Lipinski definition) is 2. The van der Waals surface area contributed by atoms with E-state index < -0.39 is 0 Å². The van der Waals surface area contributed by atoms with Gasteiger partial charge in [0.05, 0.1) is 12.7 Å². The lowest BCUT2D eigenvalue weighted by molar-refractivity contribution is 0.420. The Morgan fingerprint density at radius 3 is 2.68 bits per heavy atom. The van der Waals surface area contributed by atoms with E-state index in [0.29, 0.717) is 18.3 Å². The minimum Gasteiger partial charge on any atom is -0.508 e. The SMILES string of the molecule is Cc1cnc(CNC(C)CCc2ccc(O)cc2)o1. The third-order valence-electron chi connectivity index (χ3n) is 3.07. The zero-order valence-corrected chi connectivity index (χ0v) is 11.4. The molecule has 2 N–H and O–H groups in total. The molecular formula is C15H20N2O2. The summed E-state index contributed by atoms with van der Waals surface area (Å²) in [5.41, 5.74) is 1.23. The standard InChI is InChI=1S/C15H20N2O2/c1-11(16-10-15-17-9-12(2)19-15)3-4-13-5-7-14(18)8-6-13/h5-9,11,16,18H,3-4,10H2,1-2H3. The Labute approximate surface area is 113 Å². The molecule has 4 nitrogen and oxygen atoms in total. The maximum Gasteiger partial charge on any atom is 0.208 e. The summed E-state index contributed by atoms with van der Waals surface area (Å²) in [6.45, 7) is 4.70. The maximum absolute atomic E-state index is 9.22. The van der Waals surface area contributed by atoms with Crippen LogP contribution >= 0.6 is 0 Å². The Balaban J connectivity index is 1.72. The Bertz CT molecular complexity index is 505. The van der Waals surface area contributed by atoms with Crippen LogP contribution in [0.3, 0.4) is 0 Å². The van der Waals surface area contributed by atoms with Gasteiger partial charge in [0.15, 0.2) is 0 Å². The van der Waals surface area contributed by atoms with Gasteiger partial charge in [-0.3, -0.25) is 0 Å². The summed E-state index contributed by atoms with van der Waals surface area (Å²) in [6.07, 6.45) is 3.75. The van der Waals surface area contributed by atoms with Crippen molar-refractivity contribution in [1.82, 2.24) is 10.3 Å². The summed E-state index contributed by atoms with van der Waals surface area (Å²) in [4.78, 5) is 4.16. The predicted molar refractivity (Wildman–Crippen MR) is 74.0 cm³/mol. The van der Waals surface area contributed by atoms with Crippen LogP contribution in [0.4, 0.5) is 0 Å². The van der Waals surface area contributed by atoms with E-state index >= 15 is 0 Å². The van der Waals surface area contributed by atoms with Gasteiger partial charge < -0.3 is 14.8 Å². The highest BCUT2D eigenvalue weighted by atomic mass is 16.4. The van der Waals surface area contributed by atoms with Gasteiger partial charge in [-0.25, -0.2) is 4.98 Å². The van der Waals surface area contributed by atoms with E-state index in [2.05, 4.69) is 17.2 Å². The fourth-order valence-electron chi connectivity index (χ4n) is 1.89. The van der Waals surface area contributed by atoms with Crippen LogP contribution in [0.5, 0.6) is 5.75 Å². The van der Waals surface area contributed by atoms with E-state index in [1.165, 1.54) is 5.56 Å². The minimum absolute atomic E-state index is 0.314. The Morgan fingerprint density at radius 1 is 1.32 bits per heavy atom. The largest absolute Gasteiger partial charge is 0.508 e. The molecule has 0 radical (unpaired) electrons. The summed E-state index contributed by atoms with van der Waals surface area (Å²) < 4.78 is 5.41. The second-order valence-electron chi connectivity index (χ2n) is 4.85. The van der Waals surface area contributed by atoms with Crippen molar-refractivity contribution in [3.63, 3.8) is 0 Å². The normalized spacial score (nSPS) is 12.5. The van der Waals surface area contributed by atoms with Gasteiger partial charge in [0, 0.05) is 6.04 Å². The van der Waals surface area contributed by atoms with Crippen LogP contribution in [-0.2, 0) is 13.0 Å². The van der Waals surface area contributed by atoms with Crippen LogP contribution in [0.2, 0.25) is 0 Å². The molecule has 0 aliphatic carbocycles. The van der Waals surface area contributed by atoms with Crippen LogP contribution in [0.1, 0.15) is 30.6 Å². The van der Waals surface area contributed by atoms with E-state index in [4.69, 9.17) is 4.42 Å². The van der Waals surface area contributed by atoms with Crippen molar-refractivity contribution in [2.45, 2.75) is 39.3 Å². The molecule has 4 heteroatoms. The second-order valence-corrected chi connectivity index (χ2v) is 4.85. The smallest absolute Gasteiger partial charge is 0.208 e. The van der Waals surface area contributed by atoms with Crippen LogP contribution in [-0.4, -0.2) is 16.1 Å². The Kier molecular flexibility index (Phi) is 4.58. The molecule has 0 aliphatic heterocycles. The predicted octanol–water partition coefficient (Wildman–Crippen LogP) is 2.80. The molecule has 0 saturated heterocycles. The molecule has 1 heterocycles. The number of rotatable bonds is 6. The minimum atomic E-state index is 0.314. The van der Waals surface area contributed by atoms with Gasteiger partial charge in [-0.1, -0.05) is 12.1 Å². The van der Waals surface area contributed by atoms with Gasteiger partial charge in [0.25, 0.3) is 0 Å². The van der Waals surface area contributed by atoms with Crippen molar-refractivity contribution >= 4 is 0 Å². The van der Waals surface area contributed by atoms with Crippen molar-refractivity contribution in [3.8, 4) is 5.75 Å². The first kappa shape index (κ1) is 13.6.